The van der Waals surface area contributed by atoms with E-state index in [0.29, 0.717) is 11.0 Å². The van der Waals surface area contributed by atoms with Crippen molar-refractivity contribution in [3.63, 3.8) is 0 Å². The standard InChI is InChI=1S/C19H30N2/c1-20(2)19(15-17-7-5-4-6-8-17)11-9-18(10-12-19)13-14-21(3)16-18/h4-8H,9-16H2,1-3H3. The number of likely N-dealkylation sites (tertiary alicyclic amines) is 1. The van der Waals surface area contributed by atoms with Gasteiger partial charge in [-0.15, -0.1) is 0 Å². The quantitative estimate of drug-likeness (QED) is 0.840. The summed E-state index contributed by atoms with van der Waals surface area (Å²) in [4.78, 5) is 5.03. The first kappa shape index (κ1) is 15.1. The second-order valence-corrected chi connectivity index (χ2v) is 7.77. The Labute approximate surface area is 130 Å². The Morgan fingerprint density at radius 3 is 2.19 bits per heavy atom. The van der Waals surface area contributed by atoms with Gasteiger partial charge in [0.2, 0.25) is 0 Å². The van der Waals surface area contributed by atoms with Crippen LogP contribution in [0.5, 0.6) is 0 Å². The molecule has 0 radical (unpaired) electrons. The van der Waals surface area contributed by atoms with E-state index in [1.807, 2.05) is 0 Å². The van der Waals surface area contributed by atoms with Crippen molar-refractivity contribution in [3.05, 3.63) is 35.9 Å². The fraction of sp³-hybridized carbons (Fsp3) is 0.684. The molecule has 21 heavy (non-hydrogen) atoms. The Kier molecular flexibility index (Phi) is 4.11. The van der Waals surface area contributed by atoms with Gasteiger partial charge in [-0.05, 0) is 77.2 Å². The molecule has 2 heteroatoms. The number of rotatable bonds is 3. The molecule has 116 valence electrons. The maximum absolute atomic E-state index is 2.53. The molecule has 2 fully saturated rings. The summed E-state index contributed by atoms with van der Waals surface area (Å²) in [6, 6.07) is 11.1. The summed E-state index contributed by atoms with van der Waals surface area (Å²) in [6.07, 6.45) is 8.13. The lowest BCUT2D eigenvalue weighted by molar-refractivity contribution is 0.0420. The number of benzene rings is 1. The minimum Gasteiger partial charge on any atom is -0.306 e. The Balaban J connectivity index is 1.72. The molecule has 2 nitrogen and oxygen atoms in total. The first-order valence-electron chi connectivity index (χ1n) is 8.44. The Bertz CT molecular complexity index is 458. The normalized spacial score (nSPS) is 33.9. The summed E-state index contributed by atoms with van der Waals surface area (Å²) in [5.41, 5.74) is 2.49. The minimum absolute atomic E-state index is 0.369. The fourth-order valence-corrected chi connectivity index (χ4v) is 4.57. The van der Waals surface area contributed by atoms with Crippen LogP contribution in [0, 0.1) is 5.41 Å². The predicted octanol–water partition coefficient (Wildman–Crippen LogP) is 3.43. The van der Waals surface area contributed by atoms with E-state index in [1.54, 1.807) is 0 Å². The first-order valence-corrected chi connectivity index (χ1v) is 8.44. The van der Waals surface area contributed by atoms with E-state index < -0.39 is 0 Å². The Morgan fingerprint density at radius 2 is 1.67 bits per heavy atom. The third-order valence-electron chi connectivity index (χ3n) is 6.20. The van der Waals surface area contributed by atoms with Crippen molar-refractivity contribution < 1.29 is 0 Å². The highest BCUT2D eigenvalue weighted by atomic mass is 15.2. The van der Waals surface area contributed by atoms with Gasteiger partial charge in [0, 0.05) is 12.1 Å². The smallest absolute Gasteiger partial charge is 0.0244 e. The minimum atomic E-state index is 0.369. The van der Waals surface area contributed by atoms with Crippen molar-refractivity contribution in [2.45, 2.75) is 44.1 Å². The lowest BCUT2D eigenvalue weighted by Gasteiger charge is -2.49. The molecule has 0 atom stereocenters. The van der Waals surface area contributed by atoms with Gasteiger partial charge in [0.25, 0.3) is 0 Å². The third kappa shape index (κ3) is 3.02. The van der Waals surface area contributed by atoms with Crippen molar-refractivity contribution in [1.82, 2.24) is 9.80 Å². The number of nitrogens with zero attached hydrogens (tertiary/aromatic N) is 2. The van der Waals surface area contributed by atoms with Crippen LogP contribution in [0.15, 0.2) is 30.3 Å². The second-order valence-electron chi connectivity index (χ2n) is 7.77. The molecule has 1 aliphatic heterocycles. The highest BCUT2D eigenvalue weighted by molar-refractivity contribution is 5.19. The molecule has 2 aliphatic rings. The molecule has 1 aromatic carbocycles. The maximum atomic E-state index is 2.53. The molecular formula is C19H30N2. The number of hydrogen-bond acceptors (Lipinski definition) is 2. The number of likely N-dealkylation sites (N-methyl/N-ethyl adjacent to an activating group) is 1. The Hall–Kier alpha value is -0.860. The van der Waals surface area contributed by atoms with E-state index >= 15 is 0 Å². The SMILES string of the molecule is CN1CCC2(CCC(Cc3ccccc3)(N(C)C)CC2)C1. The van der Waals surface area contributed by atoms with Crippen LogP contribution in [0.25, 0.3) is 0 Å². The average molecular weight is 286 g/mol. The van der Waals surface area contributed by atoms with Crippen molar-refractivity contribution in [1.29, 1.82) is 0 Å². The van der Waals surface area contributed by atoms with Crippen LogP contribution in [0.2, 0.25) is 0 Å². The van der Waals surface area contributed by atoms with Gasteiger partial charge in [-0.25, -0.2) is 0 Å². The molecule has 0 bridgehead atoms. The molecule has 0 amide bonds. The molecule has 1 aromatic rings. The van der Waals surface area contributed by atoms with Gasteiger partial charge in [0.05, 0.1) is 0 Å². The monoisotopic (exact) mass is 286 g/mol. The van der Waals surface area contributed by atoms with Gasteiger partial charge in [0.1, 0.15) is 0 Å². The van der Waals surface area contributed by atoms with E-state index in [4.69, 9.17) is 0 Å². The number of hydrogen-bond donors (Lipinski definition) is 0. The van der Waals surface area contributed by atoms with Gasteiger partial charge >= 0.3 is 0 Å². The molecular weight excluding hydrogens is 256 g/mol. The van der Waals surface area contributed by atoms with Gasteiger partial charge in [-0.3, -0.25) is 0 Å². The third-order valence-corrected chi connectivity index (χ3v) is 6.20. The van der Waals surface area contributed by atoms with Gasteiger partial charge in [-0.1, -0.05) is 30.3 Å². The summed E-state index contributed by atoms with van der Waals surface area (Å²) < 4.78 is 0. The van der Waals surface area contributed by atoms with Crippen LogP contribution in [-0.2, 0) is 6.42 Å². The summed E-state index contributed by atoms with van der Waals surface area (Å²) in [7, 11) is 6.84. The van der Waals surface area contributed by atoms with Crippen molar-refractivity contribution in [2.75, 3.05) is 34.2 Å². The summed E-state index contributed by atoms with van der Waals surface area (Å²) in [5.74, 6) is 0. The lowest BCUT2D eigenvalue weighted by Crippen LogP contribution is -2.51. The molecule has 3 rings (SSSR count). The molecule has 0 N–H and O–H groups in total. The average Bonchev–Trinajstić information content (AvgIpc) is 2.84. The van der Waals surface area contributed by atoms with Gasteiger partial charge in [0.15, 0.2) is 0 Å². The first-order chi connectivity index (χ1) is 10.0. The van der Waals surface area contributed by atoms with Crippen molar-refractivity contribution >= 4 is 0 Å². The van der Waals surface area contributed by atoms with Gasteiger partial charge < -0.3 is 9.80 Å². The van der Waals surface area contributed by atoms with Gasteiger partial charge in [-0.2, -0.15) is 0 Å². The molecule has 1 spiro atoms. The van der Waals surface area contributed by atoms with Crippen LogP contribution in [0.4, 0.5) is 0 Å². The predicted molar refractivity (Wildman–Crippen MR) is 89.6 cm³/mol. The second kappa shape index (κ2) is 5.73. The lowest BCUT2D eigenvalue weighted by atomic mass is 9.65. The summed E-state index contributed by atoms with van der Waals surface area (Å²) >= 11 is 0. The maximum Gasteiger partial charge on any atom is 0.0244 e. The topological polar surface area (TPSA) is 6.48 Å². The summed E-state index contributed by atoms with van der Waals surface area (Å²) in [5, 5.41) is 0. The van der Waals surface area contributed by atoms with E-state index in [0.717, 1.165) is 0 Å². The molecule has 0 unspecified atom stereocenters. The molecule has 1 saturated heterocycles. The highest BCUT2D eigenvalue weighted by Crippen LogP contribution is 2.48. The molecule has 1 saturated carbocycles. The van der Waals surface area contributed by atoms with Crippen LogP contribution >= 0.6 is 0 Å². The molecule has 1 heterocycles. The Morgan fingerprint density at radius 1 is 1.00 bits per heavy atom. The molecule has 1 aliphatic carbocycles. The van der Waals surface area contributed by atoms with E-state index in [9.17, 15) is 0 Å². The molecule has 0 aromatic heterocycles. The highest BCUT2D eigenvalue weighted by Gasteiger charge is 2.46. The van der Waals surface area contributed by atoms with Crippen LogP contribution < -0.4 is 0 Å². The summed E-state index contributed by atoms with van der Waals surface area (Å²) in [6.45, 7) is 2.62. The zero-order chi connectivity index (χ0) is 14.9. The fourth-order valence-electron chi connectivity index (χ4n) is 4.57. The van der Waals surface area contributed by atoms with E-state index in [-0.39, 0.29) is 0 Å². The van der Waals surface area contributed by atoms with E-state index in [2.05, 4.69) is 61.3 Å². The van der Waals surface area contributed by atoms with Crippen molar-refractivity contribution in [3.8, 4) is 0 Å². The van der Waals surface area contributed by atoms with E-state index in [1.165, 1.54) is 57.2 Å². The zero-order valence-electron chi connectivity index (χ0n) is 13.9. The van der Waals surface area contributed by atoms with Crippen LogP contribution in [0.3, 0.4) is 0 Å². The zero-order valence-corrected chi connectivity index (χ0v) is 13.9. The van der Waals surface area contributed by atoms with Crippen molar-refractivity contribution in [2.24, 2.45) is 5.41 Å². The van der Waals surface area contributed by atoms with Crippen LogP contribution in [0.1, 0.15) is 37.7 Å². The van der Waals surface area contributed by atoms with Crippen LogP contribution in [-0.4, -0.2) is 49.6 Å². The largest absolute Gasteiger partial charge is 0.306 e.